The summed E-state index contributed by atoms with van der Waals surface area (Å²) in [6.07, 6.45) is 4.47. The summed E-state index contributed by atoms with van der Waals surface area (Å²) in [6.45, 7) is 4.03. The molecule has 1 aliphatic heterocycles. The fourth-order valence-electron chi connectivity index (χ4n) is 3.74. The van der Waals surface area contributed by atoms with Crippen LogP contribution in [0.1, 0.15) is 29.5 Å². The molecular weight excluding hydrogens is 445 g/mol. The smallest absolute Gasteiger partial charge is 0.161 e. The van der Waals surface area contributed by atoms with Crippen LogP contribution in [0, 0.1) is 0 Å². The van der Waals surface area contributed by atoms with Crippen molar-refractivity contribution >= 4 is 29.0 Å². The van der Waals surface area contributed by atoms with Gasteiger partial charge < -0.3 is 19.7 Å². The van der Waals surface area contributed by atoms with Crippen LogP contribution in [0.3, 0.4) is 0 Å². The first kappa shape index (κ1) is 22.7. The predicted octanol–water partition coefficient (Wildman–Crippen LogP) is 5.87. The summed E-state index contributed by atoms with van der Waals surface area (Å²) in [5.74, 6) is 2.43. The third kappa shape index (κ3) is 5.85. The van der Waals surface area contributed by atoms with Gasteiger partial charge in [-0.2, -0.15) is 0 Å². The first-order valence-corrected chi connectivity index (χ1v) is 11.5. The highest BCUT2D eigenvalue weighted by molar-refractivity contribution is 6.35. The van der Waals surface area contributed by atoms with E-state index in [1.807, 2.05) is 30.5 Å². The van der Waals surface area contributed by atoms with Crippen LogP contribution < -0.4 is 19.7 Å². The van der Waals surface area contributed by atoms with E-state index in [1.165, 1.54) is 18.4 Å². The van der Waals surface area contributed by atoms with Crippen LogP contribution in [0.5, 0.6) is 11.5 Å². The van der Waals surface area contributed by atoms with E-state index in [0.717, 1.165) is 36.6 Å². The quantitative estimate of drug-likeness (QED) is 0.422. The molecule has 0 aliphatic carbocycles. The lowest BCUT2D eigenvalue weighted by Crippen LogP contribution is -2.19. The molecule has 32 heavy (non-hydrogen) atoms. The van der Waals surface area contributed by atoms with Crippen molar-refractivity contribution in [2.45, 2.75) is 32.5 Å². The van der Waals surface area contributed by atoms with Crippen molar-refractivity contribution in [3.05, 3.63) is 81.5 Å². The SMILES string of the molecule is COc1cc(CNCc2ccc(N3CCCC3)nc2)ccc1OCc1ccc(Cl)cc1Cl. The van der Waals surface area contributed by atoms with Crippen LogP contribution in [0.15, 0.2) is 54.7 Å². The number of nitrogens with one attached hydrogen (secondary N) is 1. The van der Waals surface area contributed by atoms with E-state index in [1.54, 1.807) is 19.2 Å². The average Bonchev–Trinajstić information content (AvgIpc) is 3.34. The molecule has 7 heteroatoms. The topological polar surface area (TPSA) is 46.6 Å². The Morgan fingerprint density at radius 3 is 2.44 bits per heavy atom. The second kappa shape index (κ2) is 10.9. The van der Waals surface area contributed by atoms with E-state index in [2.05, 4.69) is 27.3 Å². The highest BCUT2D eigenvalue weighted by atomic mass is 35.5. The van der Waals surface area contributed by atoms with Crippen LogP contribution in [0.25, 0.3) is 0 Å². The maximum absolute atomic E-state index is 6.23. The molecular formula is C25H27Cl2N3O2. The second-order valence-electron chi connectivity index (χ2n) is 7.83. The van der Waals surface area contributed by atoms with Crippen molar-refractivity contribution < 1.29 is 9.47 Å². The zero-order valence-electron chi connectivity index (χ0n) is 18.1. The Morgan fingerprint density at radius 1 is 0.938 bits per heavy atom. The molecule has 0 unspecified atom stereocenters. The standard InChI is InChI=1S/C25H27Cl2N3O2/c1-31-24-12-18(4-8-23(24)32-17-20-6-7-21(26)13-22(20)27)14-28-15-19-5-9-25(29-16-19)30-10-2-3-11-30/h4-9,12-13,16,28H,2-3,10-11,14-15,17H2,1H3. The van der Waals surface area contributed by atoms with Gasteiger partial charge in [0.2, 0.25) is 0 Å². The maximum atomic E-state index is 6.23. The molecule has 168 valence electrons. The molecule has 0 spiro atoms. The summed E-state index contributed by atoms with van der Waals surface area (Å²) < 4.78 is 11.5. The number of pyridine rings is 1. The van der Waals surface area contributed by atoms with E-state index in [-0.39, 0.29) is 0 Å². The van der Waals surface area contributed by atoms with E-state index >= 15 is 0 Å². The van der Waals surface area contributed by atoms with E-state index in [4.69, 9.17) is 32.7 Å². The van der Waals surface area contributed by atoms with Crippen LogP contribution in [0.2, 0.25) is 10.0 Å². The summed E-state index contributed by atoms with van der Waals surface area (Å²) in [7, 11) is 1.64. The number of hydrogen-bond acceptors (Lipinski definition) is 5. The summed E-state index contributed by atoms with van der Waals surface area (Å²) >= 11 is 12.2. The third-order valence-corrected chi connectivity index (χ3v) is 6.11. The van der Waals surface area contributed by atoms with Crippen molar-refractivity contribution in [2.24, 2.45) is 0 Å². The molecule has 4 rings (SSSR count). The van der Waals surface area contributed by atoms with Gasteiger partial charge >= 0.3 is 0 Å². The van der Waals surface area contributed by atoms with Crippen molar-refractivity contribution in [3.63, 3.8) is 0 Å². The largest absolute Gasteiger partial charge is 0.493 e. The first-order chi connectivity index (χ1) is 15.6. The normalized spacial score (nSPS) is 13.4. The number of nitrogens with zero attached hydrogens (tertiary/aromatic N) is 2. The Kier molecular flexibility index (Phi) is 7.74. The van der Waals surface area contributed by atoms with Crippen LogP contribution in [-0.2, 0) is 19.7 Å². The lowest BCUT2D eigenvalue weighted by atomic mass is 10.2. The Morgan fingerprint density at radius 2 is 1.72 bits per heavy atom. The van der Waals surface area contributed by atoms with Gasteiger partial charge in [-0.25, -0.2) is 4.98 Å². The number of hydrogen-bond donors (Lipinski definition) is 1. The van der Waals surface area contributed by atoms with E-state index in [0.29, 0.717) is 34.7 Å². The molecule has 1 fully saturated rings. The number of halogens is 2. The van der Waals surface area contributed by atoms with Gasteiger partial charge in [-0.3, -0.25) is 0 Å². The number of ether oxygens (including phenoxy) is 2. The molecule has 5 nitrogen and oxygen atoms in total. The Bertz CT molecular complexity index is 1040. The highest BCUT2D eigenvalue weighted by Crippen LogP contribution is 2.30. The fourth-order valence-corrected chi connectivity index (χ4v) is 4.20. The van der Waals surface area contributed by atoms with Crippen LogP contribution in [0.4, 0.5) is 5.82 Å². The summed E-state index contributed by atoms with van der Waals surface area (Å²) in [5, 5.41) is 4.66. The second-order valence-corrected chi connectivity index (χ2v) is 8.68. The molecule has 0 radical (unpaired) electrons. The summed E-state index contributed by atoms with van der Waals surface area (Å²) in [4.78, 5) is 6.96. The monoisotopic (exact) mass is 471 g/mol. The molecule has 2 heterocycles. The van der Waals surface area contributed by atoms with Gasteiger partial charge in [-0.15, -0.1) is 0 Å². The van der Waals surface area contributed by atoms with Gasteiger partial charge in [0.25, 0.3) is 0 Å². The molecule has 0 amide bonds. The number of aromatic nitrogens is 1. The number of methoxy groups -OCH3 is 1. The number of rotatable bonds is 9. The predicted molar refractivity (Wildman–Crippen MR) is 130 cm³/mol. The van der Waals surface area contributed by atoms with Crippen molar-refractivity contribution in [1.29, 1.82) is 0 Å². The van der Waals surface area contributed by atoms with Gasteiger partial charge in [-0.05, 0) is 54.3 Å². The van der Waals surface area contributed by atoms with Crippen LogP contribution >= 0.6 is 23.2 Å². The zero-order chi connectivity index (χ0) is 22.3. The van der Waals surface area contributed by atoms with Gasteiger partial charge in [0, 0.05) is 48.0 Å². The molecule has 1 saturated heterocycles. The Balaban J connectivity index is 1.30. The van der Waals surface area contributed by atoms with Crippen molar-refractivity contribution in [1.82, 2.24) is 10.3 Å². The molecule has 0 bridgehead atoms. The van der Waals surface area contributed by atoms with Crippen LogP contribution in [-0.4, -0.2) is 25.2 Å². The number of benzene rings is 2. The Hall–Kier alpha value is -2.47. The third-order valence-electron chi connectivity index (χ3n) is 5.52. The maximum Gasteiger partial charge on any atom is 0.161 e. The van der Waals surface area contributed by atoms with Gasteiger partial charge in [0.1, 0.15) is 12.4 Å². The molecule has 2 aromatic carbocycles. The van der Waals surface area contributed by atoms with E-state index < -0.39 is 0 Å². The zero-order valence-corrected chi connectivity index (χ0v) is 19.6. The fraction of sp³-hybridized carbons (Fsp3) is 0.320. The van der Waals surface area contributed by atoms with Gasteiger partial charge in [0.05, 0.1) is 7.11 Å². The highest BCUT2D eigenvalue weighted by Gasteiger charge is 2.13. The van der Waals surface area contributed by atoms with Crippen molar-refractivity contribution in [2.75, 3.05) is 25.1 Å². The van der Waals surface area contributed by atoms with E-state index in [9.17, 15) is 0 Å². The Labute approximate surface area is 199 Å². The summed E-state index contributed by atoms with van der Waals surface area (Å²) in [5.41, 5.74) is 3.15. The lowest BCUT2D eigenvalue weighted by Gasteiger charge is -2.16. The minimum Gasteiger partial charge on any atom is -0.493 e. The number of anilines is 1. The molecule has 1 aromatic heterocycles. The molecule has 3 aromatic rings. The molecule has 1 aliphatic rings. The van der Waals surface area contributed by atoms with Crippen molar-refractivity contribution in [3.8, 4) is 11.5 Å². The molecule has 0 saturated carbocycles. The molecule has 0 atom stereocenters. The minimum absolute atomic E-state index is 0.338. The first-order valence-electron chi connectivity index (χ1n) is 10.8. The van der Waals surface area contributed by atoms with Gasteiger partial charge in [-0.1, -0.05) is 41.4 Å². The van der Waals surface area contributed by atoms with Gasteiger partial charge in [0.15, 0.2) is 11.5 Å². The average molecular weight is 472 g/mol. The molecule has 1 N–H and O–H groups in total. The lowest BCUT2D eigenvalue weighted by molar-refractivity contribution is 0.284. The minimum atomic E-state index is 0.338. The summed E-state index contributed by atoms with van der Waals surface area (Å²) in [6, 6.07) is 15.6.